The second-order valence-corrected chi connectivity index (χ2v) is 8.97. The van der Waals surface area contributed by atoms with Gasteiger partial charge >= 0.3 is 0 Å². The molecule has 0 radical (unpaired) electrons. The van der Waals surface area contributed by atoms with Gasteiger partial charge in [0.1, 0.15) is 11.7 Å². The number of aromatic nitrogens is 4. The predicted octanol–water partition coefficient (Wildman–Crippen LogP) is 4.06. The monoisotopic (exact) mass is 472 g/mol. The molecule has 34 heavy (non-hydrogen) atoms. The van der Waals surface area contributed by atoms with Crippen molar-refractivity contribution in [2.24, 2.45) is 4.99 Å². The molecular formula is C23H27F3N8. The molecule has 0 saturated carbocycles. The van der Waals surface area contributed by atoms with Crippen LogP contribution in [0.15, 0.2) is 29.4 Å². The summed E-state index contributed by atoms with van der Waals surface area (Å²) in [6.07, 6.45) is 1.54. The van der Waals surface area contributed by atoms with E-state index in [1.807, 2.05) is 30.1 Å². The van der Waals surface area contributed by atoms with E-state index in [1.54, 1.807) is 16.9 Å². The number of hydrogen-bond donors (Lipinski definition) is 2. The molecule has 3 aromatic rings. The van der Waals surface area contributed by atoms with Gasteiger partial charge in [-0.3, -0.25) is 9.98 Å². The Morgan fingerprint density at radius 1 is 1.24 bits per heavy atom. The minimum Gasteiger partial charge on any atom is -0.382 e. The van der Waals surface area contributed by atoms with Gasteiger partial charge in [0.2, 0.25) is 12.4 Å². The molecule has 3 aromatic heterocycles. The molecule has 3 N–H and O–H groups in total. The average molecular weight is 473 g/mol. The van der Waals surface area contributed by atoms with Crippen LogP contribution in [0.2, 0.25) is 0 Å². The molecule has 2 aliphatic rings. The second kappa shape index (κ2) is 9.21. The summed E-state index contributed by atoms with van der Waals surface area (Å²) in [5, 5.41) is 7.57. The van der Waals surface area contributed by atoms with Gasteiger partial charge in [0, 0.05) is 43.4 Å². The Morgan fingerprint density at radius 3 is 2.88 bits per heavy atom. The number of nitrogens with one attached hydrogen (secondary N) is 1. The number of hydrogen-bond acceptors (Lipinski definition) is 7. The Hall–Kier alpha value is -3.21. The number of rotatable bonds is 6. The lowest BCUT2D eigenvalue weighted by molar-refractivity contribution is 0.132. The highest BCUT2D eigenvalue weighted by Gasteiger charge is 2.28. The first-order valence-corrected chi connectivity index (χ1v) is 11.4. The standard InChI is InChI=1S/C23H27F3N8/c1-33-10-8-17(15(24)12-33)30-23-31-22(27)21-14(7-11-34(21)32-23)16-3-4-18-20(29-16)13(6-9-28-18)2-5-19(25)26/h3-4,7,9,11,13,15,17,19H,2,5-6,8,10,12H2,1H3,(H3,27,30,31,32)/t13-,15-,17+/m1/s1. The first-order valence-electron chi connectivity index (χ1n) is 11.4. The van der Waals surface area contributed by atoms with E-state index >= 15 is 0 Å². The SMILES string of the molecule is CN1CC[C@H](Nc2nc(N)c3c(-c4ccc5c(n4)[C@H](CCC(F)F)CC=N5)ccn3n2)[C@H](F)C1. The molecule has 0 bridgehead atoms. The number of piperidine rings is 1. The molecular weight excluding hydrogens is 445 g/mol. The Labute approximate surface area is 195 Å². The maximum absolute atomic E-state index is 14.4. The van der Waals surface area contributed by atoms with Crippen molar-refractivity contribution in [1.29, 1.82) is 0 Å². The van der Waals surface area contributed by atoms with Gasteiger partial charge in [-0.15, -0.1) is 5.10 Å². The third kappa shape index (κ3) is 4.44. The van der Waals surface area contributed by atoms with E-state index in [4.69, 9.17) is 10.7 Å². The fourth-order valence-electron chi connectivity index (χ4n) is 4.70. The third-order valence-corrected chi connectivity index (χ3v) is 6.52. The number of nitrogen functional groups attached to an aromatic ring is 1. The van der Waals surface area contributed by atoms with E-state index in [9.17, 15) is 13.2 Å². The maximum atomic E-state index is 14.4. The fourth-order valence-corrected chi connectivity index (χ4v) is 4.70. The van der Waals surface area contributed by atoms with Crippen molar-refractivity contribution < 1.29 is 13.2 Å². The Kier molecular flexibility index (Phi) is 6.11. The molecule has 0 unspecified atom stereocenters. The number of anilines is 2. The van der Waals surface area contributed by atoms with Crippen LogP contribution in [0.5, 0.6) is 0 Å². The molecule has 2 aliphatic heterocycles. The molecule has 0 aromatic carbocycles. The molecule has 180 valence electrons. The molecule has 8 nitrogen and oxygen atoms in total. The van der Waals surface area contributed by atoms with Gasteiger partial charge < -0.3 is 16.0 Å². The zero-order chi connectivity index (χ0) is 23.8. The number of pyridine rings is 1. The highest BCUT2D eigenvalue weighted by molar-refractivity contribution is 5.87. The summed E-state index contributed by atoms with van der Waals surface area (Å²) in [5.74, 6) is 0.402. The van der Waals surface area contributed by atoms with E-state index in [2.05, 4.69) is 20.4 Å². The van der Waals surface area contributed by atoms with Crippen LogP contribution in [0.3, 0.4) is 0 Å². The normalized spacial score (nSPS) is 22.9. The average Bonchev–Trinajstić information content (AvgIpc) is 3.24. The number of halogens is 3. The molecule has 11 heteroatoms. The van der Waals surface area contributed by atoms with Gasteiger partial charge in [-0.25, -0.2) is 17.7 Å². The number of nitrogens with two attached hydrogens (primary N) is 1. The number of alkyl halides is 3. The fraction of sp³-hybridized carbons (Fsp3) is 0.478. The van der Waals surface area contributed by atoms with Crippen molar-refractivity contribution in [2.75, 3.05) is 31.2 Å². The highest BCUT2D eigenvalue weighted by Crippen LogP contribution is 2.37. The van der Waals surface area contributed by atoms with E-state index in [0.717, 1.165) is 12.1 Å². The molecule has 5 rings (SSSR count). The second-order valence-electron chi connectivity index (χ2n) is 8.97. The van der Waals surface area contributed by atoms with Crippen LogP contribution in [0.1, 0.15) is 37.3 Å². The summed E-state index contributed by atoms with van der Waals surface area (Å²) < 4.78 is 41.6. The molecule has 3 atom stereocenters. The summed E-state index contributed by atoms with van der Waals surface area (Å²) in [7, 11) is 1.90. The largest absolute Gasteiger partial charge is 0.382 e. The Bertz CT molecular complexity index is 1210. The topological polar surface area (TPSA) is 96.7 Å². The van der Waals surface area contributed by atoms with Crippen LogP contribution in [0.4, 0.5) is 30.6 Å². The summed E-state index contributed by atoms with van der Waals surface area (Å²) in [6, 6.07) is 5.14. The van der Waals surface area contributed by atoms with Crippen LogP contribution >= 0.6 is 0 Å². The van der Waals surface area contributed by atoms with Gasteiger partial charge in [-0.05, 0) is 44.5 Å². The predicted molar refractivity (Wildman–Crippen MR) is 126 cm³/mol. The number of nitrogens with zero attached hydrogens (tertiary/aromatic N) is 6. The molecule has 0 amide bonds. The molecule has 5 heterocycles. The van der Waals surface area contributed by atoms with Crippen molar-refractivity contribution in [3.05, 3.63) is 30.1 Å². The van der Waals surface area contributed by atoms with Gasteiger partial charge in [0.15, 0.2) is 5.82 Å². The van der Waals surface area contributed by atoms with Gasteiger partial charge in [0.25, 0.3) is 0 Å². The third-order valence-electron chi connectivity index (χ3n) is 6.52. The smallest absolute Gasteiger partial charge is 0.243 e. The summed E-state index contributed by atoms with van der Waals surface area (Å²) >= 11 is 0. The van der Waals surface area contributed by atoms with E-state index in [0.29, 0.717) is 48.4 Å². The van der Waals surface area contributed by atoms with Gasteiger partial charge in [-0.2, -0.15) is 4.98 Å². The minimum atomic E-state index is -2.34. The first-order chi connectivity index (χ1) is 16.4. The van der Waals surface area contributed by atoms with Crippen LogP contribution in [0.25, 0.3) is 16.8 Å². The number of fused-ring (bicyclic) bond motifs is 2. The zero-order valence-corrected chi connectivity index (χ0v) is 18.8. The highest BCUT2D eigenvalue weighted by atomic mass is 19.3. The summed E-state index contributed by atoms with van der Waals surface area (Å²) in [4.78, 5) is 15.5. The van der Waals surface area contributed by atoms with Crippen molar-refractivity contribution in [3.8, 4) is 11.3 Å². The van der Waals surface area contributed by atoms with Gasteiger partial charge in [-0.1, -0.05) is 0 Å². The number of aliphatic imine (C=N–C) groups is 1. The van der Waals surface area contributed by atoms with Crippen molar-refractivity contribution in [3.63, 3.8) is 0 Å². The maximum Gasteiger partial charge on any atom is 0.243 e. The number of likely N-dealkylation sites (tertiary alicyclic amines) is 1. The zero-order valence-electron chi connectivity index (χ0n) is 18.8. The van der Waals surface area contributed by atoms with E-state index in [-0.39, 0.29) is 30.1 Å². The molecule has 1 fully saturated rings. The van der Waals surface area contributed by atoms with Crippen molar-refractivity contribution >= 4 is 29.2 Å². The molecule has 0 spiro atoms. The lowest BCUT2D eigenvalue weighted by Gasteiger charge is -2.32. The minimum absolute atomic E-state index is 0.108. The van der Waals surface area contributed by atoms with E-state index < -0.39 is 12.6 Å². The Balaban J connectivity index is 1.44. The van der Waals surface area contributed by atoms with Crippen LogP contribution in [-0.4, -0.2) is 69.5 Å². The lowest BCUT2D eigenvalue weighted by Crippen LogP contribution is -2.46. The summed E-state index contributed by atoms with van der Waals surface area (Å²) in [5.41, 5.74) is 9.68. The van der Waals surface area contributed by atoms with E-state index in [1.165, 1.54) is 0 Å². The van der Waals surface area contributed by atoms with Crippen LogP contribution in [0, 0.1) is 0 Å². The van der Waals surface area contributed by atoms with Crippen molar-refractivity contribution in [2.45, 2.75) is 50.2 Å². The van der Waals surface area contributed by atoms with Crippen LogP contribution < -0.4 is 11.1 Å². The molecule has 0 aliphatic carbocycles. The Morgan fingerprint density at radius 2 is 2.09 bits per heavy atom. The summed E-state index contributed by atoms with van der Waals surface area (Å²) in [6.45, 7) is 1.14. The van der Waals surface area contributed by atoms with Crippen molar-refractivity contribution in [1.82, 2.24) is 24.5 Å². The first kappa shape index (κ1) is 22.6. The molecule has 1 saturated heterocycles. The van der Waals surface area contributed by atoms with Crippen LogP contribution in [-0.2, 0) is 0 Å². The lowest BCUT2D eigenvalue weighted by atomic mass is 9.92. The quantitative estimate of drug-likeness (QED) is 0.562. The van der Waals surface area contributed by atoms with Gasteiger partial charge in [0.05, 0.1) is 23.1 Å².